The number of nitrogens with two attached hydrogens (primary N) is 1. The molecule has 0 aromatic rings. The molecule has 0 radical (unpaired) electrons. The van der Waals surface area contributed by atoms with Crippen molar-refractivity contribution in [1.29, 1.82) is 0 Å². The number of hydroxylamine groups is 1. The Hall–Kier alpha value is -0.820. The van der Waals surface area contributed by atoms with Crippen LogP contribution in [0.25, 0.3) is 0 Å². The van der Waals surface area contributed by atoms with Crippen LogP contribution in [0.4, 0.5) is 0 Å². The molecule has 1 aliphatic rings. The monoisotopic (exact) mass is 207 g/mol. The highest BCUT2D eigenvalue weighted by Gasteiger charge is 2.24. The molecule has 0 saturated carbocycles. The van der Waals surface area contributed by atoms with Crippen molar-refractivity contribution in [2.75, 3.05) is 11.5 Å². The highest BCUT2D eigenvalue weighted by atomic mass is 32.2. The fraction of sp³-hybridized carbons (Fsp3) is 0.833. The lowest BCUT2D eigenvalue weighted by atomic mass is 10.2. The minimum absolute atomic E-state index is 0.0232. The first-order valence-corrected chi connectivity index (χ1v) is 5.79. The van der Waals surface area contributed by atoms with Crippen LogP contribution in [0.1, 0.15) is 12.8 Å². The maximum atomic E-state index is 11.1. The Morgan fingerprint density at radius 3 is 2.85 bits per heavy atom. The Morgan fingerprint density at radius 2 is 2.31 bits per heavy atom. The van der Waals surface area contributed by atoms with Crippen molar-refractivity contribution >= 4 is 15.8 Å². The Bertz CT molecular complexity index is 298. The van der Waals surface area contributed by atoms with E-state index in [1.54, 1.807) is 5.48 Å². The van der Waals surface area contributed by atoms with Crippen molar-refractivity contribution in [3.8, 4) is 0 Å². The van der Waals surface area contributed by atoms with Crippen molar-refractivity contribution in [3.05, 3.63) is 0 Å². The summed E-state index contributed by atoms with van der Waals surface area (Å²) in [4.78, 5) is 3.80. The summed E-state index contributed by atoms with van der Waals surface area (Å²) < 4.78 is 22.3. The maximum absolute atomic E-state index is 11.1. The standard InChI is InChI=1S/C6H13N3O3S/c7-6(9-10)8-5-2-1-3-13(11,12)4-5/h5,10H,1-4H2,(H3,7,8,9). The van der Waals surface area contributed by atoms with E-state index in [1.165, 1.54) is 0 Å². The Labute approximate surface area is 76.7 Å². The quantitative estimate of drug-likeness (QED) is 0.286. The molecule has 1 saturated heterocycles. The van der Waals surface area contributed by atoms with Crippen LogP contribution < -0.4 is 11.2 Å². The molecular weight excluding hydrogens is 194 g/mol. The fourth-order valence-electron chi connectivity index (χ4n) is 1.33. The highest BCUT2D eigenvalue weighted by Crippen LogP contribution is 2.14. The van der Waals surface area contributed by atoms with E-state index in [9.17, 15) is 8.42 Å². The molecule has 1 heterocycles. The molecule has 0 bridgehead atoms. The minimum Gasteiger partial charge on any atom is -0.368 e. The summed E-state index contributed by atoms with van der Waals surface area (Å²) in [6, 6.07) is -0.321. The molecule has 13 heavy (non-hydrogen) atoms. The van der Waals surface area contributed by atoms with E-state index in [4.69, 9.17) is 10.9 Å². The van der Waals surface area contributed by atoms with Gasteiger partial charge in [0.15, 0.2) is 9.84 Å². The van der Waals surface area contributed by atoms with E-state index in [0.29, 0.717) is 12.8 Å². The largest absolute Gasteiger partial charge is 0.368 e. The fourth-order valence-corrected chi connectivity index (χ4v) is 2.93. The second-order valence-corrected chi connectivity index (χ2v) is 5.27. The first kappa shape index (κ1) is 10.3. The molecule has 0 amide bonds. The third kappa shape index (κ3) is 3.19. The molecule has 1 aliphatic heterocycles. The number of hydrogen-bond donors (Lipinski definition) is 3. The second-order valence-electron chi connectivity index (χ2n) is 3.04. The molecule has 6 nitrogen and oxygen atoms in total. The number of sulfone groups is 1. The summed E-state index contributed by atoms with van der Waals surface area (Å²) in [5.41, 5.74) is 6.86. The van der Waals surface area contributed by atoms with Crippen LogP contribution in [-0.4, -0.2) is 37.1 Å². The van der Waals surface area contributed by atoms with Crippen LogP contribution in [0.3, 0.4) is 0 Å². The SMILES string of the molecule is NC(=NC1CCCS(=O)(=O)C1)NO. The van der Waals surface area contributed by atoms with E-state index >= 15 is 0 Å². The summed E-state index contributed by atoms with van der Waals surface area (Å²) in [6.07, 6.45) is 1.30. The van der Waals surface area contributed by atoms with Gasteiger partial charge in [0.05, 0.1) is 17.5 Å². The normalized spacial score (nSPS) is 28.4. The van der Waals surface area contributed by atoms with Crippen LogP contribution >= 0.6 is 0 Å². The Morgan fingerprint density at radius 1 is 1.62 bits per heavy atom. The lowest BCUT2D eigenvalue weighted by Gasteiger charge is -2.18. The third-order valence-corrected chi connectivity index (χ3v) is 3.68. The molecule has 4 N–H and O–H groups in total. The molecule has 7 heteroatoms. The van der Waals surface area contributed by atoms with E-state index in [2.05, 4.69) is 4.99 Å². The minimum atomic E-state index is -2.96. The first-order valence-electron chi connectivity index (χ1n) is 3.97. The van der Waals surface area contributed by atoms with Gasteiger partial charge in [0, 0.05) is 0 Å². The summed E-state index contributed by atoms with van der Waals surface area (Å²) in [6.45, 7) is 0. The molecule has 0 aromatic carbocycles. The Kier molecular flexibility index (Phi) is 3.10. The number of hydrogen-bond acceptors (Lipinski definition) is 4. The zero-order valence-corrected chi connectivity index (χ0v) is 7.92. The van der Waals surface area contributed by atoms with Crippen LogP contribution in [-0.2, 0) is 9.84 Å². The van der Waals surface area contributed by atoms with Gasteiger partial charge in [-0.1, -0.05) is 0 Å². The summed E-state index contributed by atoms with van der Waals surface area (Å²) in [5, 5.41) is 8.34. The summed E-state index contributed by atoms with van der Waals surface area (Å²) >= 11 is 0. The average Bonchev–Trinajstić information content (AvgIpc) is 2.02. The van der Waals surface area contributed by atoms with Crippen LogP contribution in [0.5, 0.6) is 0 Å². The lowest BCUT2D eigenvalue weighted by molar-refractivity contribution is 0.232. The third-order valence-electron chi connectivity index (χ3n) is 1.88. The number of aliphatic imine (C=N–C) groups is 1. The highest BCUT2D eigenvalue weighted by molar-refractivity contribution is 7.91. The van der Waals surface area contributed by atoms with Crippen molar-refractivity contribution in [2.45, 2.75) is 18.9 Å². The van der Waals surface area contributed by atoms with Gasteiger partial charge in [0.25, 0.3) is 0 Å². The van der Waals surface area contributed by atoms with Crippen LogP contribution in [0.15, 0.2) is 4.99 Å². The second kappa shape index (κ2) is 3.93. The first-order chi connectivity index (χ1) is 6.03. The van der Waals surface area contributed by atoms with E-state index in [1.807, 2.05) is 0 Å². The molecule has 1 unspecified atom stereocenters. The number of rotatable bonds is 1. The van der Waals surface area contributed by atoms with Crippen molar-refractivity contribution < 1.29 is 13.6 Å². The van der Waals surface area contributed by atoms with Gasteiger partial charge in [-0.05, 0) is 12.8 Å². The zero-order valence-electron chi connectivity index (χ0n) is 7.10. The number of guanidine groups is 1. The van der Waals surface area contributed by atoms with Gasteiger partial charge in [-0.25, -0.2) is 18.9 Å². The van der Waals surface area contributed by atoms with Crippen molar-refractivity contribution in [2.24, 2.45) is 10.7 Å². The zero-order chi connectivity index (χ0) is 9.90. The van der Waals surface area contributed by atoms with E-state index in [0.717, 1.165) is 0 Å². The maximum Gasteiger partial charge on any atom is 0.213 e. The molecule has 0 aromatic heterocycles. The molecule has 0 spiro atoms. The van der Waals surface area contributed by atoms with Crippen LogP contribution in [0, 0.1) is 0 Å². The predicted octanol–water partition coefficient (Wildman–Crippen LogP) is -1.14. The predicted molar refractivity (Wildman–Crippen MR) is 48.2 cm³/mol. The summed E-state index contributed by atoms with van der Waals surface area (Å²) in [7, 11) is -2.96. The van der Waals surface area contributed by atoms with Gasteiger partial charge in [-0.3, -0.25) is 5.21 Å². The van der Waals surface area contributed by atoms with Gasteiger partial charge in [0.1, 0.15) is 0 Å². The molecular formula is C6H13N3O3S. The lowest BCUT2D eigenvalue weighted by Crippen LogP contribution is -2.34. The van der Waals surface area contributed by atoms with Crippen LogP contribution in [0.2, 0.25) is 0 Å². The molecule has 1 fully saturated rings. The molecule has 1 rings (SSSR count). The van der Waals surface area contributed by atoms with Gasteiger partial charge in [0.2, 0.25) is 5.96 Å². The molecule has 0 aliphatic carbocycles. The van der Waals surface area contributed by atoms with Gasteiger partial charge >= 0.3 is 0 Å². The summed E-state index contributed by atoms with van der Waals surface area (Å²) in [5.74, 6) is 0.114. The average molecular weight is 207 g/mol. The van der Waals surface area contributed by atoms with E-state index < -0.39 is 9.84 Å². The molecule has 76 valence electrons. The van der Waals surface area contributed by atoms with E-state index in [-0.39, 0.29) is 23.5 Å². The molecule has 1 atom stereocenters. The Balaban J connectivity index is 2.63. The number of nitrogens with one attached hydrogen (secondary N) is 1. The van der Waals surface area contributed by atoms with Crippen molar-refractivity contribution in [1.82, 2.24) is 5.48 Å². The van der Waals surface area contributed by atoms with Gasteiger partial charge < -0.3 is 5.73 Å². The topological polar surface area (TPSA) is 105 Å². The van der Waals surface area contributed by atoms with Crippen molar-refractivity contribution in [3.63, 3.8) is 0 Å². The van der Waals surface area contributed by atoms with Gasteiger partial charge in [-0.15, -0.1) is 0 Å². The smallest absolute Gasteiger partial charge is 0.213 e. The number of nitrogens with zero attached hydrogens (tertiary/aromatic N) is 1. The van der Waals surface area contributed by atoms with Gasteiger partial charge in [-0.2, -0.15) is 0 Å².